The van der Waals surface area contributed by atoms with Gasteiger partial charge in [-0.15, -0.1) is 0 Å². The van der Waals surface area contributed by atoms with E-state index in [2.05, 4.69) is 23.8 Å². The molecule has 96 valence electrons. The lowest BCUT2D eigenvalue weighted by atomic mass is 10.2. The van der Waals surface area contributed by atoms with Gasteiger partial charge in [-0.25, -0.2) is 0 Å². The number of likely N-dealkylation sites (N-methyl/N-ethyl adjacent to an activating group) is 1. The van der Waals surface area contributed by atoms with Crippen LogP contribution in [0.5, 0.6) is 0 Å². The quantitative estimate of drug-likeness (QED) is 0.685. The summed E-state index contributed by atoms with van der Waals surface area (Å²) in [6.45, 7) is 9.11. The minimum Gasteiger partial charge on any atom is -0.374 e. The first-order chi connectivity index (χ1) is 7.76. The third kappa shape index (κ3) is 5.25. The maximum absolute atomic E-state index is 5.78. The fourth-order valence-electron chi connectivity index (χ4n) is 2.12. The van der Waals surface area contributed by atoms with Crippen LogP contribution in [0, 0.1) is 0 Å². The molecule has 0 amide bonds. The molecule has 1 rings (SSSR count). The van der Waals surface area contributed by atoms with Gasteiger partial charge in [0.05, 0.1) is 12.7 Å². The number of hydrogen-bond acceptors (Lipinski definition) is 4. The summed E-state index contributed by atoms with van der Waals surface area (Å²) in [5.41, 5.74) is 5.64. The lowest BCUT2D eigenvalue weighted by molar-refractivity contribution is -0.0353. The van der Waals surface area contributed by atoms with Gasteiger partial charge in [0.2, 0.25) is 0 Å². The van der Waals surface area contributed by atoms with Crippen LogP contribution < -0.4 is 5.73 Å². The van der Waals surface area contributed by atoms with E-state index in [0.717, 1.165) is 45.9 Å². The monoisotopic (exact) mass is 229 g/mol. The second-order valence-electron chi connectivity index (χ2n) is 4.70. The number of unbranched alkanes of at least 4 members (excludes halogenated alkanes) is 1. The van der Waals surface area contributed by atoms with E-state index in [4.69, 9.17) is 10.5 Å². The molecule has 1 atom stereocenters. The van der Waals surface area contributed by atoms with Crippen LogP contribution in [0.25, 0.3) is 0 Å². The molecule has 1 heterocycles. The normalized spacial score (nSPS) is 22.9. The van der Waals surface area contributed by atoms with Gasteiger partial charge < -0.3 is 15.4 Å². The highest BCUT2D eigenvalue weighted by Gasteiger charge is 2.19. The molecular weight excluding hydrogens is 202 g/mol. The Balaban J connectivity index is 2.28. The molecule has 0 saturated carbocycles. The molecule has 0 radical (unpaired) electrons. The Hall–Kier alpha value is -0.160. The molecule has 0 spiro atoms. The maximum atomic E-state index is 5.78. The highest BCUT2D eigenvalue weighted by Crippen LogP contribution is 2.06. The molecule has 4 heteroatoms. The van der Waals surface area contributed by atoms with Crippen molar-refractivity contribution in [2.45, 2.75) is 25.9 Å². The lowest BCUT2D eigenvalue weighted by Crippen LogP contribution is -2.47. The van der Waals surface area contributed by atoms with Crippen molar-refractivity contribution in [2.24, 2.45) is 5.73 Å². The Labute approximate surface area is 99.7 Å². The Bertz CT molecular complexity index is 178. The molecule has 0 aliphatic carbocycles. The molecule has 0 bridgehead atoms. The molecule has 1 fully saturated rings. The first-order valence-electron chi connectivity index (χ1n) is 6.48. The number of ether oxygens (including phenoxy) is 1. The first kappa shape index (κ1) is 13.9. The van der Waals surface area contributed by atoms with E-state index in [-0.39, 0.29) is 0 Å². The van der Waals surface area contributed by atoms with Crippen molar-refractivity contribution in [3.63, 3.8) is 0 Å². The van der Waals surface area contributed by atoms with Gasteiger partial charge in [0.1, 0.15) is 0 Å². The van der Waals surface area contributed by atoms with Gasteiger partial charge in [-0.1, -0.05) is 13.3 Å². The largest absolute Gasteiger partial charge is 0.374 e. The van der Waals surface area contributed by atoms with Crippen molar-refractivity contribution in [1.29, 1.82) is 0 Å². The van der Waals surface area contributed by atoms with Crippen molar-refractivity contribution < 1.29 is 4.74 Å². The van der Waals surface area contributed by atoms with Crippen LogP contribution in [0.2, 0.25) is 0 Å². The van der Waals surface area contributed by atoms with Crippen molar-refractivity contribution in [2.75, 3.05) is 52.9 Å². The van der Waals surface area contributed by atoms with Gasteiger partial charge in [-0.05, 0) is 20.0 Å². The van der Waals surface area contributed by atoms with Crippen LogP contribution in [0.3, 0.4) is 0 Å². The number of hydrogen-bond donors (Lipinski definition) is 1. The Morgan fingerprint density at radius 2 is 2.25 bits per heavy atom. The zero-order valence-electron chi connectivity index (χ0n) is 10.8. The molecule has 0 aromatic rings. The predicted octanol–water partition coefficient (Wildman–Crippen LogP) is 0.378. The van der Waals surface area contributed by atoms with Crippen LogP contribution >= 0.6 is 0 Å². The van der Waals surface area contributed by atoms with E-state index in [1.165, 1.54) is 12.8 Å². The van der Waals surface area contributed by atoms with Gasteiger partial charge in [-0.2, -0.15) is 0 Å². The van der Waals surface area contributed by atoms with Gasteiger partial charge in [0, 0.05) is 32.7 Å². The molecule has 1 aliphatic heterocycles. The zero-order chi connectivity index (χ0) is 11.8. The second kappa shape index (κ2) is 8.01. The van der Waals surface area contributed by atoms with Gasteiger partial charge in [-0.3, -0.25) is 4.90 Å². The molecule has 16 heavy (non-hydrogen) atoms. The molecule has 1 unspecified atom stereocenters. The Morgan fingerprint density at radius 3 is 2.88 bits per heavy atom. The second-order valence-corrected chi connectivity index (χ2v) is 4.70. The van der Waals surface area contributed by atoms with Crippen LogP contribution in [-0.2, 0) is 4.74 Å². The molecule has 4 nitrogen and oxygen atoms in total. The Kier molecular flexibility index (Phi) is 6.96. The molecule has 1 aliphatic rings. The molecule has 1 saturated heterocycles. The summed E-state index contributed by atoms with van der Waals surface area (Å²) < 4.78 is 5.78. The number of nitrogens with zero attached hydrogens (tertiary/aromatic N) is 2. The number of morpholine rings is 1. The van der Waals surface area contributed by atoms with Crippen LogP contribution in [-0.4, -0.2) is 68.8 Å². The number of rotatable bonds is 7. The molecule has 0 aromatic heterocycles. The van der Waals surface area contributed by atoms with E-state index >= 15 is 0 Å². The topological polar surface area (TPSA) is 41.7 Å². The van der Waals surface area contributed by atoms with Crippen molar-refractivity contribution in [3.05, 3.63) is 0 Å². The average molecular weight is 229 g/mol. The first-order valence-corrected chi connectivity index (χ1v) is 6.48. The summed E-state index contributed by atoms with van der Waals surface area (Å²) in [4.78, 5) is 4.78. The fourth-order valence-corrected chi connectivity index (χ4v) is 2.12. The highest BCUT2D eigenvalue weighted by molar-refractivity contribution is 4.73. The molecule has 0 aromatic carbocycles. The summed E-state index contributed by atoms with van der Waals surface area (Å²) in [5.74, 6) is 0. The van der Waals surface area contributed by atoms with Gasteiger partial charge >= 0.3 is 0 Å². The van der Waals surface area contributed by atoms with Crippen LogP contribution in [0.15, 0.2) is 0 Å². The minimum atomic E-state index is 0.363. The smallest absolute Gasteiger partial charge is 0.0829 e. The summed E-state index contributed by atoms with van der Waals surface area (Å²) in [6.07, 6.45) is 2.86. The van der Waals surface area contributed by atoms with Crippen LogP contribution in [0.1, 0.15) is 19.8 Å². The standard InChI is InChI=1S/C12H27N3O/c1-3-4-6-15(7-5-13)11-12-10-14(2)8-9-16-12/h12H,3-11,13H2,1-2H3. The third-order valence-corrected chi connectivity index (χ3v) is 3.08. The maximum Gasteiger partial charge on any atom is 0.0829 e. The average Bonchev–Trinajstić information content (AvgIpc) is 2.26. The zero-order valence-corrected chi connectivity index (χ0v) is 10.8. The van der Waals surface area contributed by atoms with Gasteiger partial charge in [0.25, 0.3) is 0 Å². The lowest BCUT2D eigenvalue weighted by Gasteiger charge is -2.33. The van der Waals surface area contributed by atoms with Crippen LogP contribution in [0.4, 0.5) is 0 Å². The van der Waals surface area contributed by atoms with Crippen molar-refractivity contribution in [1.82, 2.24) is 9.80 Å². The summed E-state index contributed by atoms with van der Waals surface area (Å²) in [7, 11) is 2.16. The number of nitrogens with two attached hydrogens (primary N) is 1. The molecule has 2 N–H and O–H groups in total. The van der Waals surface area contributed by atoms with E-state index in [0.29, 0.717) is 6.10 Å². The van der Waals surface area contributed by atoms with Gasteiger partial charge in [0.15, 0.2) is 0 Å². The third-order valence-electron chi connectivity index (χ3n) is 3.08. The van der Waals surface area contributed by atoms with E-state index < -0.39 is 0 Å². The van der Waals surface area contributed by atoms with E-state index in [1.54, 1.807) is 0 Å². The summed E-state index contributed by atoms with van der Waals surface area (Å²) in [5, 5.41) is 0. The Morgan fingerprint density at radius 1 is 1.44 bits per heavy atom. The van der Waals surface area contributed by atoms with E-state index in [9.17, 15) is 0 Å². The van der Waals surface area contributed by atoms with E-state index in [1.807, 2.05) is 0 Å². The summed E-state index contributed by atoms with van der Waals surface area (Å²) >= 11 is 0. The highest BCUT2D eigenvalue weighted by atomic mass is 16.5. The fraction of sp³-hybridized carbons (Fsp3) is 1.00. The minimum absolute atomic E-state index is 0.363. The van der Waals surface area contributed by atoms with Crippen molar-refractivity contribution in [3.8, 4) is 0 Å². The predicted molar refractivity (Wildman–Crippen MR) is 67.6 cm³/mol. The van der Waals surface area contributed by atoms with Crippen molar-refractivity contribution >= 4 is 0 Å². The SMILES string of the molecule is CCCCN(CCN)CC1CN(C)CCO1. The summed E-state index contributed by atoms with van der Waals surface area (Å²) in [6, 6.07) is 0. The molecular formula is C12H27N3O.